The first-order chi connectivity index (χ1) is 14.3. The Balaban J connectivity index is 1.77. The number of alkyl halides is 6. The molecular formula is C20H15F7N2O2. The van der Waals surface area contributed by atoms with Crippen LogP contribution in [0, 0.1) is 11.7 Å². The van der Waals surface area contributed by atoms with E-state index in [1.807, 2.05) is 0 Å². The number of amides is 2. The number of benzene rings is 2. The standard InChI is InChI=1S/C20H15F7N2O2/c21-15-3-1-2-4-16(15)28-18(31)12-7-17(30)29(10-12)9-11-5-13(19(22,23)24)8-14(6-11)20(25,26)27/h1-6,8,12H,7,9-10H2,(H,28,31)/t12-/m1/s1. The van der Waals surface area contributed by atoms with Crippen LogP contribution in [0.15, 0.2) is 42.5 Å². The van der Waals surface area contributed by atoms with Crippen LogP contribution >= 0.6 is 0 Å². The van der Waals surface area contributed by atoms with Gasteiger partial charge in [-0.2, -0.15) is 26.3 Å². The summed E-state index contributed by atoms with van der Waals surface area (Å²) in [5, 5.41) is 2.32. The van der Waals surface area contributed by atoms with E-state index in [4.69, 9.17) is 0 Å². The van der Waals surface area contributed by atoms with Gasteiger partial charge < -0.3 is 10.2 Å². The molecule has 2 aromatic rings. The Morgan fingerprint density at radius 2 is 1.58 bits per heavy atom. The first kappa shape index (κ1) is 22.6. The molecule has 0 unspecified atom stereocenters. The van der Waals surface area contributed by atoms with Crippen molar-refractivity contribution in [2.24, 2.45) is 5.92 Å². The van der Waals surface area contributed by atoms with Crippen LogP contribution in [0.5, 0.6) is 0 Å². The second kappa shape index (κ2) is 8.20. The summed E-state index contributed by atoms with van der Waals surface area (Å²) < 4.78 is 91.7. The minimum Gasteiger partial charge on any atom is -0.338 e. The summed E-state index contributed by atoms with van der Waals surface area (Å²) in [6.45, 7) is -0.758. The molecule has 0 radical (unpaired) electrons. The first-order valence-corrected chi connectivity index (χ1v) is 8.96. The van der Waals surface area contributed by atoms with Crippen molar-refractivity contribution in [3.63, 3.8) is 0 Å². The maximum absolute atomic E-state index is 13.7. The molecule has 1 aliphatic heterocycles. The van der Waals surface area contributed by atoms with Gasteiger partial charge in [0.15, 0.2) is 0 Å². The quantitative estimate of drug-likeness (QED) is 0.680. The molecule has 1 fully saturated rings. The van der Waals surface area contributed by atoms with E-state index in [-0.39, 0.29) is 30.3 Å². The van der Waals surface area contributed by atoms with Gasteiger partial charge in [-0.25, -0.2) is 4.39 Å². The van der Waals surface area contributed by atoms with Gasteiger partial charge in [0.2, 0.25) is 11.8 Å². The lowest BCUT2D eigenvalue weighted by atomic mass is 10.0. The number of nitrogens with one attached hydrogen (secondary N) is 1. The molecule has 0 aromatic heterocycles. The number of carbonyl (C=O) groups is 2. The molecule has 2 aromatic carbocycles. The summed E-state index contributed by atoms with van der Waals surface area (Å²) >= 11 is 0. The summed E-state index contributed by atoms with van der Waals surface area (Å²) in [5.41, 5.74) is -3.45. The van der Waals surface area contributed by atoms with E-state index in [1.54, 1.807) is 0 Å². The molecule has 1 aliphatic rings. The molecular weight excluding hydrogens is 433 g/mol. The van der Waals surface area contributed by atoms with Gasteiger partial charge in [-0.3, -0.25) is 9.59 Å². The highest BCUT2D eigenvalue weighted by Crippen LogP contribution is 2.37. The summed E-state index contributed by atoms with van der Waals surface area (Å²) in [7, 11) is 0. The van der Waals surface area contributed by atoms with Gasteiger partial charge in [0.1, 0.15) is 5.82 Å². The number of hydrogen-bond donors (Lipinski definition) is 1. The second-order valence-electron chi connectivity index (χ2n) is 7.06. The Kier molecular flexibility index (Phi) is 5.97. The van der Waals surface area contributed by atoms with E-state index in [2.05, 4.69) is 5.32 Å². The van der Waals surface area contributed by atoms with Gasteiger partial charge >= 0.3 is 12.4 Å². The van der Waals surface area contributed by atoms with Crippen molar-refractivity contribution >= 4 is 17.5 Å². The average molecular weight is 448 g/mol. The number of halogens is 7. The minimum atomic E-state index is -5.01. The molecule has 1 atom stereocenters. The molecule has 2 amide bonds. The highest BCUT2D eigenvalue weighted by Gasteiger charge is 2.38. The number of nitrogens with zero attached hydrogens (tertiary/aromatic N) is 1. The largest absolute Gasteiger partial charge is 0.416 e. The predicted molar refractivity (Wildman–Crippen MR) is 95.0 cm³/mol. The Bertz CT molecular complexity index is 970. The van der Waals surface area contributed by atoms with Crippen molar-refractivity contribution in [1.29, 1.82) is 0 Å². The van der Waals surface area contributed by atoms with Gasteiger partial charge in [-0.15, -0.1) is 0 Å². The third-order valence-electron chi connectivity index (χ3n) is 4.74. The average Bonchev–Trinajstić information content (AvgIpc) is 3.02. The zero-order chi connectivity index (χ0) is 23.0. The van der Waals surface area contributed by atoms with Gasteiger partial charge in [-0.1, -0.05) is 12.1 Å². The molecule has 31 heavy (non-hydrogen) atoms. The third-order valence-corrected chi connectivity index (χ3v) is 4.74. The van der Waals surface area contributed by atoms with Gasteiger partial charge in [0, 0.05) is 19.5 Å². The zero-order valence-electron chi connectivity index (χ0n) is 15.6. The van der Waals surface area contributed by atoms with E-state index in [9.17, 15) is 40.3 Å². The van der Waals surface area contributed by atoms with Gasteiger partial charge in [0.25, 0.3) is 0 Å². The van der Waals surface area contributed by atoms with Crippen molar-refractivity contribution in [2.45, 2.75) is 25.3 Å². The molecule has 4 nitrogen and oxygen atoms in total. The Morgan fingerprint density at radius 3 is 2.13 bits per heavy atom. The maximum atomic E-state index is 13.7. The van der Waals surface area contributed by atoms with Crippen molar-refractivity contribution in [3.05, 3.63) is 65.0 Å². The molecule has 1 N–H and O–H groups in total. The van der Waals surface area contributed by atoms with Crippen LogP contribution in [0.25, 0.3) is 0 Å². The van der Waals surface area contributed by atoms with Gasteiger partial charge in [0.05, 0.1) is 22.7 Å². The Labute approximate surface area is 171 Å². The molecule has 11 heteroatoms. The fourth-order valence-electron chi connectivity index (χ4n) is 3.23. The van der Waals surface area contributed by atoms with E-state index in [1.165, 1.54) is 18.2 Å². The van der Waals surface area contributed by atoms with E-state index in [0.29, 0.717) is 12.1 Å². The fourth-order valence-corrected chi connectivity index (χ4v) is 3.23. The Morgan fingerprint density at radius 1 is 1.00 bits per heavy atom. The summed E-state index contributed by atoms with van der Waals surface area (Å²) in [4.78, 5) is 25.5. The lowest BCUT2D eigenvalue weighted by Crippen LogP contribution is -2.28. The monoisotopic (exact) mass is 448 g/mol. The fraction of sp³-hybridized carbons (Fsp3) is 0.300. The smallest absolute Gasteiger partial charge is 0.338 e. The lowest BCUT2D eigenvalue weighted by Gasteiger charge is -2.19. The number of hydrogen-bond acceptors (Lipinski definition) is 2. The SMILES string of the molecule is O=C(Nc1ccccc1F)[C@@H]1CC(=O)N(Cc2cc(C(F)(F)F)cc(C(F)(F)F)c2)C1. The number of likely N-dealkylation sites (tertiary alicyclic amines) is 1. The zero-order valence-corrected chi connectivity index (χ0v) is 15.6. The molecule has 0 bridgehead atoms. The molecule has 0 aliphatic carbocycles. The van der Waals surface area contributed by atoms with Crippen LogP contribution in [-0.4, -0.2) is 23.3 Å². The third kappa shape index (κ3) is 5.33. The minimum absolute atomic E-state index is 0.0000405. The van der Waals surface area contributed by atoms with Crippen molar-refractivity contribution in [3.8, 4) is 0 Å². The van der Waals surface area contributed by atoms with E-state index >= 15 is 0 Å². The summed E-state index contributed by atoms with van der Waals surface area (Å²) in [6.07, 6.45) is -10.3. The van der Waals surface area contributed by atoms with Crippen LogP contribution in [0.1, 0.15) is 23.1 Å². The van der Waals surface area contributed by atoms with Crippen LogP contribution in [0.4, 0.5) is 36.4 Å². The first-order valence-electron chi connectivity index (χ1n) is 8.96. The van der Waals surface area contributed by atoms with Crippen LogP contribution in [0.2, 0.25) is 0 Å². The molecule has 1 saturated heterocycles. The van der Waals surface area contributed by atoms with Crippen molar-refractivity contribution in [2.75, 3.05) is 11.9 Å². The molecule has 0 saturated carbocycles. The number of anilines is 1. The van der Waals surface area contributed by atoms with Crippen LogP contribution in [-0.2, 0) is 28.5 Å². The van der Waals surface area contributed by atoms with E-state index < -0.39 is 53.6 Å². The lowest BCUT2D eigenvalue weighted by molar-refractivity contribution is -0.143. The summed E-state index contributed by atoms with van der Waals surface area (Å²) in [6, 6.07) is 6.40. The number of carbonyl (C=O) groups excluding carboxylic acids is 2. The van der Waals surface area contributed by atoms with E-state index in [0.717, 1.165) is 11.0 Å². The normalized spacial score (nSPS) is 17.2. The topological polar surface area (TPSA) is 49.4 Å². The van der Waals surface area contributed by atoms with Crippen LogP contribution < -0.4 is 5.32 Å². The highest BCUT2D eigenvalue weighted by molar-refractivity contribution is 5.97. The molecule has 166 valence electrons. The highest BCUT2D eigenvalue weighted by atomic mass is 19.4. The Hall–Kier alpha value is -3.11. The van der Waals surface area contributed by atoms with Gasteiger partial charge in [-0.05, 0) is 35.9 Å². The van der Waals surface area contributed by atoms with Crippen molar-refractivity contribution < 1.29 is 40.3 Å². The van der Waals surface area contributed by atoms with Crippen molar-refractivity contribution in [1.82, 2.24) is 4.90 Å². The summed E-state index contributed by atoms with van der Waals surface area (Å²) in [5.74, 6) is -2.92. The second-order valence-corrected chi connectivity index (χ2v) is 7.06. The molecule has 0 spiro atoms. The molecule has 1 heterocycles. The maximum Gasteiger partial charge on any atom is 0.416 e. The molecule has 3 rings (SSSR count). The number of para-hydroxylation sites is 1. The number of rotatable bonds is 4. The predicted octanol–water partition coefficient (Wildman–Crippen LogP) is 4.85. The van der Waals surface area contributed by atoms with Crippen LogP contribution in [0.3, 0.4) is 0 Å².